The molecule has 22 heavy (non-hydrogen) atoms. The largest absolute Gasteiger partial charge is 0.340 e. The third-order valence-electron chi connectivity index (χ3n) is 3.14. The van der Waals surface area contributed by atoms with Crippen molar-refractivity contribution in [2.24, 2.45) is 0 Å². The van der Waals surface area contributed by atoms with Crippen molar-refractivity contribution >= 4 is 30.7 Å². The number of hydrogen-bond acceptors (Lipinski definition) is 3. The molecule has 1 amide bonds. The quantitative estimate of drug-likeness (QED) is 0.909. The summed E-state index contributed by atoms with van der Waals surface area (Å²) in [6, 6.07) is 11.8. The molecule has 0 saturated carbocycles. The highest BCUT2D eigenvalue weighted by Gasteiger charge is 2.12. The average Bonchev–Trinajstić information content (AvgIpc) is 2.53. The minimum absolute atomic E-state index is 0. The summed E-state index contributed by atoms with van der Waals surface area (Å²) in [6.45, 7) is 1.44. The van der Waals surface area contributed by atoms with Gasteiger partial charge in [-0.2, -0.15) is 0 Å². The molecule has 0 bridgehead atoms. The van der Waals surface area contributed by atoms with Crippen LogP contribution in [0.5, 0.6) is 0 Å². The van der Waals surface area contributed by atoms with Crippen molar-refractivity contribution in [1.29, 1.82) is 0 Å². The molecule has 1 N–H and O–H groups in total. The summed E-state index contributed by atoms with van der Waals surface area (Å²) in [6.07, 6.45) is 3.39. The van der Waals surface area contributed by atoms with E-state index in [1.807, 2.05) is 43.4 Å². The molecule has 2 rings (SSSR count). The van der Waals surface area contributed by atoms with Crippen molar-refractivity contribution in [3.8, 4) is 11.1 Å². The number of pyridine rings is 1. The first-order valence-corrected chi connectivity index (χ1v) is 6.63. The third-order valence-corrected chi connectivity index (χ3v) is 3.14. The van der Waals surface area contributed by atoms with Crippen LogP contribution in [0.3, 0.4) is 0 Å². The molecule has 2 aromatic rings. The molecule has 0 unspecified atom stereocenters. The molecule has 1 heterocycles. The first kappa shape index (κ1) is 20.4. The van der Waals surface area contributed by atoms with Gasteiger partial charge in [0.05, 0.1) is 5.56 Å². The second kappa shape index (κ2) is 10.2. The van der Waals surface area contributed by atoms with Crippen molar-refractivity contribution in [3.63, 3.8) is 0 Å². The van der Waals surface area contributed by atoms with Gasteiger partial charge in [0.2, 0.25) is 0 Å². The molecule has 4 nitrogen and oxygen atoms in total. The number of aromatic nitrogens is 1. The minimum atomic E-state index is -0.00877. The van der Waals surface area contributed by atoms with Crippen molar-refractivity contribution in [3.05, 3.63) is 54.4 Å². The van der Waals surface area contributed by atoms with Gasteiger partial charge in [0.15, 0.2) is 0 Å². The number of halogens is 2. The summed E-state index contributed by atoms with van der Waals surface area (Å²) < 4.78 is 0. The molecule has 0 radical (unpaired) electrons. The summed E-state index contributed by atoms with van der Waals surface area (Å²) in [5.74, 6) is -0.00877. The van der Waals surface area contributed by atoms with Crippen LogP contribution >= 0.6 is 24.8 Å². The maximum Gasteiger partial charge on any atom is 0.255 e. The van der Waals surface area contributed by atoms with E-state index >= 15 is 0 Å². The molecule has 0 saturated heterocycles. The van der Waals surface area contributed by atoms with Gasteiger partial charge < -0.3 is 10.2 Å². The number of hydrogen-bond donors (Lipinski definition) is 1. The smallest absolute Gasteiger partial charge is 0.255 e. The molecule has 0 aliphatic rings. The van der Waals surface area contributed by atoms with E-state index in [-0.39, 0.29) is 30.7 Å². The van der Waals surface area contributed by atoms with Gasteiger partial charge in [-0.25, -0.2) is 0 Å². The standard InChI is InChI=1S/C16H19N3O.2ClH/c1-17-8-9-19(2)16(20)15-10-14(11-18-12-15)13-6-4-3-5-7-13;;/h3-7,10-12,17H,8-9H2,1-2H3;2*1H. The fourth-order valence-electron chi connectivity index (χ4n) is 1.95. The van der Waals surface area contributed by atoms with Crippen LogP contribution in [0.15, 0.2) is 48.8 Å². The Kier molecular flexibility index (Phi) is 9.42. The second-order valence-corrected chi connectivity index (χ2v) is 4.66. The van der Waals surface area contributed by atoms with Gasteiger partial charge in [-0.05, 0) is 18.7 Å². The lowest BCUT2D eigenvalue weighted by Gasteiger charge is -2.17. The normalized spacial score (nSPS) is 9.36. The summed E-state index contributed by atoms with van der Waals surface area (Å²) >= 11 is 0. The monoisotopic (exact) mass is 341 g/mol. The lowest BCUT2D eigenvalue weighted by molar-refractivity contribution is 0.0796. The van der Waals surface area contributed by atoms with Crippen molar-refractivity contribution < 1.29 is 4.79 Å². The number of carbonyl (C=O) groups is 1. The average molecular weight is 342 g/mol. The van der Waals surface area contributed by atoms with Gasteiger partial charge in [0, 0.05) is 38.1 Å². The van der Waals surface area contributed by atoms with Crippen LogP contribution in [0.2, 0.25) is 0 Å². The van der Waals surface area contributed by atoms with Gasteiger partial charge >= 0.3 is 0 Å². The highest BCUT2D eigenvalue weighted by Crippen LogP contribution is 2.19. The molecular weight excluding hydrogens is 321 g/mol. The number of amides is 1. The van der Waals surface area contributed by atoms with Crippen LogP contribution in [0.4, 0.5) is 0 Å². The van der Waals surface area contributed by atoms with Crippen molar-refractivity contribution in [1.82, 2.24) is 15.2 Å². The van der Waals surface area contributed by atoms with Crippen LogP contribution in [0, 0.1) is 0 Å². The molecule has 120 valence electrons. The highest BCUT2D eigenvalue weighted by atomic mass is 35.5. The molecule has 6 heteroatoms. The first-order valence-electron chi connectivity index (χ1n) is 6.63. The predicted octanol–water partition coefficient (Wildman–Crippen LogP) is 2.88. The summed E-state index contributed by atoms with van der Waals surface area (Å²) in [4.78, 5) is 18.2. The van der Waals surface area contributed by atoms with E-state index < -0.39 is 0 Å². The van der Waals surface area contributed by atoms with Gasteiger partial charge in [-0.1, -0.05) is 30.3 Å². The lowest BCUT2D eigenvalue weighted by atomic mass is 10.1. The molecule has 1 aromatic carbocycles. The number of carbonyl (C=O) groups excluding carboxylic acids is 1. The zero-order valence-electron chi connectivity index (χ0n) is 12.7. The molecular formula is C16H21Cl2N3O. The Hall–Kier alpha value is -1.62. The van der Waals surface area contributed by atoms with Gasteiger partial charge in [-0.3, -0.25) is 9.78 Å². The van der Waals surface area contributed by atoms with E-state index in [9.17, 15) is 4.79 Å². The minimum Gasteiger partial charge on any atom is -0.340 e. The van der Waals surface area contributed by atoms with E-state index in [2.05, 4.69) is 10.3 Å². The molecule has 0 fully saturated rings. The SMILES string of the molecule is CNCCN(C)C(=O)c1cncc(-c2ccccc2)c1.Cl.Cl. The Morgan fingerprint density at radius 2 is 1.82 bits per heavy atom. The van der Waals surface area contributed by atoms with E-state index in [1.54, 1.807) is 24.3 Å². The Balaban J connectivity index is 0.00000220. The summed E-state index contributed by atoms with van der Waals surface area (Å²) in [5, 5.41) is 3.03. The van der Waals surface area contributed by atoms with Crippen LogP contribution in [-0.4, -0.2) is 43.0 Å². The van der Waals surface area contributed by atoms with Gasteiger partial charge in [0.25, 0.3) is 5.91 Å². The van der Waals surface area contributed by atoms with Gasteiger partial charge in [0.1, 0.15) is 0 Å². The Morgan fingerprint density at radius 1 is 1.14 bits per heavy atom. The molecule has 0 aliphatic carbocycles. The Bertz CT molecular complexity index is 579. The first-order chi connectivity index (χ1) is 9.72. The fourth-order valence-corrected chi connectivity index (χ4v) is 1.95. The van der Waals surface area contributed by atoms with Crippen molar-refractivity contribution in [2.75, 3.05) is 27.2 Å². The van der Waals surface area contributed by atoms with Crippen LogP contribution < -0.4 is 5.32 Å². The zero-order valence-corrected chi connectivity index (χ0v) is 14.3. The summed E-state index contributed by atoms with van der Waals surface area (Å²) in [5.41, 5.74) is 2.64. The van der Waals surface area contributed by atoms with Crippen LogP contribution in [0.1, 0.15) is 10.4 Å². The topological polar surface area (TPSA) is 45.2 Å². The molecule has 0 spiro atoms. The number of nitrogens with zero attached hydrogens (tertiary/aromatic N) is 2. The number of nitrogens with one attached hydrogen (secondary N) is 1. The number of rotatable bonds is 5. The fraction of sp³-hybridized carbons (Fsp3) is 0.250. The maximum atomic E-state index is 12.3. The Morgan fingerprint density at radius 3 is 2.45 bits per heavy atom. The van der Waals surface area contributed by atoms with Crippen molar-refractivity contribution in [2.45, 2.75) is 0 Å². The number of likely N-dealkylation sites (N-methyl/N-ethyl adjacent to an activating group) is 2. The van der Waals surface area contributed by atoms with E-state index in [0.717, 1.165) is 17.7 Å². The molecule has 1 aromatic heterocycles. The second-order valence-electron chi connectivity index (χ2n) is 4.66. The van der Waals surface area contributed by atoms with Crippen LogP contribution in [-0.2, 0) is 0 Å². The van der Waals surface area contributed by atoms with E-state index in [4.69, 9.17) is 0 Å². The third kappa shape index (κ3) is 5.30. The molecule has 0 atom stereocenters. The summed E-state index contributed by atoms with van der Waals surface area (Å²) in [7, 11) is 3.67. The van der Waals surface area contributed by atoms with Gasteiger partial charge in [-0.15, -0.1) is 24.8 Å². The highest BCUT2D eigenvalue weighted by molar-refractivity contribution is 5.94. The van der Waals surface area contributed by atoms with E-state index in [0.29, 0.717) is 12.1 Å². The number of benzene rings is 1. The van der Waals surface area contributed by atoms with Crippen LogP contribution in [0.25, 0.3) is 11.1 Å². The van der Waals surface area contributed by atoms with E-state index in [1.165, 1.54) is 0 Å². The molecule has 0 aliphatic heterocycles. The zero-order chi connectivity index (χ0) is 14.4. The predicted molar refractivity (Wildman–Crippen MR) is 95.1 cm³/mol. The maximum absolute atomic E-state index is 12.3. The lowest BCUT2D eigenvalue weighted by Crippen LogP contribution is -2.32. The Labute approximate surface area is 143 Å².